The highest BCUT2D eigenvalue weighted by molar-refractivity contribution is 7.21. The first-order chi connectivity index (χ1) is 9.13. The van der Waals surface area contributed by atoms with Crippen molar-refractivity contribution < 1.29 is 14.6 Å². The number of fused-ring (bicyclic) bond motifs is 1. The van der Waals surface area contributed by atoms with Crippen LogP contribution in [0.3, 0.4) is 0 Å². The van der Waals surface area contributed by atoms with E-state index < -0.39 is 6.10 Å². The molecule has 6 nitrogen and oxygen atoms in total. The Hall–Kier alpha value is -1.70. The monoisotopic (exact) mass is 281 g/mol. The molecule has 1 atom stereocenters. The maximum absolute atomic E-state index is 12.0. The molecule has 0 aliphatic heterocycles. The second-order valence-electron chi connectivity index (χ2n) is 4.04. The van der Waals surface area contributed by atoms with Crippen molar-refractivity contribution in [3.05, 3.63) is 23.3 Å². The van der Waals surface area contributed by atoms with Crippen molar-refractivity contribution in [1.29, 1.82) is 0 Å². The lowest BCUT2D eigenvalue weighted by molar-refractivity contribution is 0.0611. The molecule has 0 aromatic carbocycles. The van der Waals surface area contributed by atoms with Crippen molar-refractivity contribution in [2.24, 2.45) is 0 Å². The number of nitrogens with two attached hydrogens (primary N) is 1. The zero-order chi connectivity index (χ0) is 13.8. The number of hydrogen-bond acceptors (Lipinski definition) is 6. The van der Waals surface area contributed by atoms with Crippen molar-refractivity contribution in [2.75, 3.05) is 26.0 Å². The summed E-state index contributed by atoms with van der Waals surface area (Å²) in [4.78, 5) is 16.4. The molecule has 0 spiro atoms. The number of ether oxygens (including phenoxy) is 1. The molecule has 0 aliphatic rings. The van der Waals surface area contributed by atoms with Gasteiger partial charge in [-0.15, -0.1) is 11.3 Å². The van der Waals surface area contributed by atoms with Gasteiger partial charge in [0.1, 0.15) is 4.88 Å². The number of carbonyl (C=O) groups excluding carboxylic acids is 1. The molecule has 0 bridgehead atoms. The zero-order valence-electron chi connectivity index (χ0n) is 10.4. The normalized spacial score (nSPS) is 12.5. The second-order valence-corrected chi connectivity index (χ2v) is 5.09. The summed E-state index contributed by atoms with van der Waals surface area (Å²) in [5.41, 5.74) is 6.39. The number of anilines is 1. The maximum Gasteiger partial charge on any atom is 0.263 e. The van der Waals surface area contributed by atoms with Crippen molar-refractivity contribution >= 4 is 33.0 Å². The minimum atomic E-state index is -0.730. The molecule has 19 heavy (non-hydrogen) atoms. The number of pyridine rings is 1. The van der Waals surface area contributed by atoms with Gasteiger partial charge in [-0.2, -0.15) is 0 Å². The van der Waals surface area contributed by atoms with Crippen LogP contribution in [0.2, 0.25) is 0 Å². The summed E-state index contributed by atoms with van der Waals surface area (Å²) in [6.45, 7) is 0.296. The van der Waals surface area contributed by atoms with Gasteiger partial charge in [-0.05, 0) is 6.07 Å². The number of thiophene rings is 1. The number of aromatic nitrogens is 1. The predicted octanol–water partition coefficient (Wildman–Crippen LogP) is 0.616. The minimum absolute atomic E-state index is 0.124. The Morgan fingerprint density at radius 1 is 1.68 bits per heavy atom. The van der Waals surface area contributed by atoms with Crippen LogP contribution in [0.15, 0.2) is 18.5 Å². The van der Waals surface area contributed by atoms with Crippen LogP contribution in [-0.2, 0) is 4.74 Å². The molecule has 2 heterocycles. The standard InChI is InChI=1S/C12H15N3O3S/c1-18-6-7(16)4-15-12(17)11-10(13)8-2-3-14-5-9(8)19-11/h2-3,5,7,16H,4,6,13H2,1H3,(H,15,17). The summed E-state index contributed by atoms with van der Waals surface area (Å²) in [6, 6.07) is 1.78. The van der Waals surface area contributed by atoms with Crippen molar-refractivity contribution in [3.63, 3.8) is 0 Å². The predicted molar refractivity (Wildman–Crippen MR) is 74.2 cm³/mol. The topological polar surface area (TPSA) is 97.5 Å². The average molecular weight is 281 g/mol. The van der Waals surface area contributed by atoms with Gasteiger partial charge >= 0.3 is 0 Å². The highest BCUT2D eigenvalue weighted by atomic mass is 32.1. The third kappa shape index (κ3) is 3.01. The van der Waals surface area contributed by atoms with E-state index in [1.807, 2.05) is 0 Å². The Kier molecular flexibility index (Phi) is 4.31. The number of aliphatic hydroxyl groups excluding tert-OH is 1. The van der Waals surface area contributed by atoms with Crippen molar-refractivity contribution in [1.82, 2.24) is 10.3 Å². The van der Waals surface area contributed by atoms with E-state index in [1.54, 1.807) is 18.5 Å². The number of hydrogen-bond donors (Lipinski definition) is 3. The number of aliphatic hydroxyl groups is 1. The molecule has 2 rings (SSSR count). The third-order valence-corrected chi connectivity index (χ3v) is 3.75. The highest BCUT2D eigenvalue weighted by Crippen LogP contribution is 2.32. The molecule has 0 saturated heterocycles. The van der Waals surface area contributed by atoms with E-state index in [-0.39, 0.29) is 19.1 Å². The SMILES string of the molecule is COCC(O)CNC(=O)c1sc2cnccc2c1N. The summed E-state index contributed by atoms with van der Waals surface area (Å²) in [5, 5.41) is 12.9. The van der Waals surface area contributed by atoms with Gasteiger partial charge in [-0.3, -0.25) is 9.78 Å². The van der Waals surface area contributed by atoms with Crippen LogP contribution < -0.4 is 11.1 Å². The fourth-order valence-electron chi connectivity index (χ4n) is 1.68. The van der Waals surface area contributed by atoms with E-state index >= 15 is 0 Å². The fraction of sp³-hybridized carbons (Fsp3) is 0.333. The van der Waals surface area contributed by atoms with Gasteiger partial charge in [-0.25, -0.2) is 0 Å². The lowest BCUT2D eigenvalue weighted by Crippen LogP contribution is -2.34. The molecule has 4 N–H and O–H groups in total. The van der Waals surface area contributed by atoms with E-state index in [0.717, 1.165) is 10.1 Å². The second kappa shape index (κ2) is 5.96. The molecular formula is C12H15N3O3S. The van der Waals surface area contributed by atoms with Crippen LogP contribution in [0.4, 0.5) is 5.69 Å². The molecule has 1 amide bonds. The van der Waals surface area contributed by atoms with E-state index in [0.29, 0.717) is 10.6 Å². The molecule has 7 heteroatoms. The van der Waals surface area contributed by atoms with Crippen LogP contribution in [0, 0.1) is 0 Å². The molecule has 0 saturated carbocycles. The van der Waals surface area contributed by atoms with E-state index in [2.05, 4.69) is 10.3 Å². The lowest BCUT2D eigenvalue weighted by Gasteiger charge is -2.10. The zero-order valence-corrected chi connectivity index (χ0v) is 11.2. The summed E-state index contributed by atoms with van der Waals surface area (Å²) < 4.78 is 5.65. The highest BCUT2D eigenvalue weighted by Gasteiger charge is 2.16. The van der Waals surface area contributed by atoms with Crippen molar-refractivity contribution in [2.45, 2.75) is 6.10 Å². The number of rotatable bonds is 5. The van der Waals surface area contributed by atoms with E-state index in [4.69, 9.17) is 10.5 Å². The number of nitrogens with zero attached hydrogens (tertiary/aromatic N) is 1. The van der Waals surface area contributed by atoms with Gasteiger partial charge < -0.3 is 20.9 Å². The average Bonchev–Trinajstić information content (AvgIpc) is 2.74. The van der Waals surface area contributed by atoms with Gasteiger partial charge in [0.15, 0.2) is 0 Å². The minimum Gasteiger partial charge on any atom is -0.397 e. The largest absolute Gasteiger partial charge is 0.397 e. The van der Waals surface area contributed by atoms with Crippen LogP contribution in [0.25, 0.3) is 10.1 Å². The molecule has 2 aromatic heterocycles. The Morgan fingerprint density at radius 3 is 3.16 bits per heavy atom. The number of amides is 1. The summed E-state index contributed by atoms with van der Waals surface area (Å²) in [7, 11) is 1.49. The first-order valence-corrected chi connectivity index (χ1v) is 6.52. The van der Waals surface area contributed by atoms with Gasteiger partial charge in [-0.1, -0.05) is 0 Å². The Balaban J connectivity index is 2.11. The van der Waals surface area contributed by atoms with Crippen LogP contribution in [0.5, 0.6) is 0 Å². The Labute approximate surface area is 114 Å². The Bertz CT molecular complexity index is 585. The molecule has 2 aromatic rings. The number of nitrogen functional groups attached to an aromatic ring is 1. The lowest BCUT2D eigenvalue weighted by atomic mass is 10.2. The fourth-order valence-corrected chi connectivity index (χ4v) is 2.69. The first-order valence-electron chi connectivity index (χ1n) is 5.70. The van der Waals surface area contributed by atoms with Gasteiger partial charge in [0.2, 0.25) is 0 Å². The van der Waals surface area contributed by atoms with Crippen LogP contribution in [-0.4, -0.2) is 42.4 Å². The maximum atomic E-state index is 12.0. The summed E-state index contributed by atoms with van der Waals surface area (Å²) >= 11 is 1.28. The molecule has 102 valence electrons. The third-order valence-electron chi connectivity index (χ3n) is 2.59. The molecular weight excluding hydrogens is 266 g/mol. The van der Waals surface area contributed by atoms with E-state index in [9.17, 15) is 9.90 Å². The van der Waals surface area contributed by atoms with Gasteiger partial charge in [0.05, 0.1) is 23.1 Å². The van der Waals surface area contributed by atoms with Gasteiger partial charge in [0, 0.05) is 31.4 Å². The first kappa shape index (κ1) is 13.7. The number of methoxy groups -OCH3 is 1. The molecule has 1 unspecified atom stereocenters. The number of nitrogens with one attached hydrogen (secondary N) is 1. The molecule has 0 fully saturated rings. The summed E-state index contributed by atoms with van der Waals surface area (Å²) in [6.07, 6.45) is 2.58. The van der Waals surface area contributed by atoms with Crippen LogP contribution >= 0.6 is 11.3 Å². The van der Waals surface area contributed by atoms with Crippen LogP contribution in [0.1, 0.15) is 9.67 Å². The Morgan fingerprint density at radius 2 is 2.47 bits per heavy atom. The summed E-state index contributed by atoms with van der Waals surface area (Å²) in [5.74, 6) is -0.297. The number of carbonyl (C=O) groups is 1. The van der Waals surface area contributed by atoms with Gasteiger partial charge in [0.25, 0.3) is 5.91 Å². The molecule has 0 aliphatic carbocycles. The van der Waals surface area contributed by atoms with Crippen molar-refractivity contribution in [3.8, 4) is 0 Å². The smallest absolute Gasteiger partial charge is 0.263 e. The van der Waals surface area contributed by atoms with E-state index in [1.165, 1.54) is 18.4 Å². The quantitative estimate of drug-likeness (QED) is 0.746. The molecule has 0 radical (unpaired) electrons.